The highest BCUT2D eigenvalue weighted by Crippen LogP contribution is 2.36. The van der Waals surface area contributed by atoms with Gasteiger partial charge >= 0.3 is 0 Å². The summed E-state index contributed by atoms with van der Waals surface area (Å²) in [5.74, 6) is -0.356. The molecular weight excluding hydrogens is 333 g/mol. The number of anilines is 1. The molecule has 2 aromatic rings. The monoisotopic (exact) mass is 343 g/mol. The third-order valence-electron chi connectivity index (χ3n) is 3.14. The lowest BCUT2D eigenvalue weighted by Gasteiger charge is -2.12. The Labute approximate surface area is 123 Å². The molecule has 3 nitrogen and oxygen atoms in total. The summed E-state index contributed by atoms with van der Waals surface area (Å²) in [5, 5.41) is 3.59. The summed E-state index contributed by atoms with van der Waals surface area (Å²) >= 11 is 9.35. The number of nitrogens with one attached hydrogen (secondary N) is 1. The maximum absolute atomic E-state index is 13.1. The molecule has 1 N–H and O–H groups in total. The molecule has 3 rings (SSSR count). The molecule has 6 heteroatoms. The average molecular weight is 345 g/mol. The van der Waals surface area contributed by atoms with Gasteiger partial charge in [-0.1, -0.05) is 11.6 Å². The van der Waals surface area contributed by atoms with Gasteiger partial charge in [-0.15, -0.1) is 0 Å². The first-order valence-electron chi connectivity index (χ1n) is 6.04. The summed E-state index contributed by atoms with van der Waals surface area (Å²) in [6.45, 7) is 0.612. The predicted molar refractivity (Wildman–Crippen MR) is 76.9 cm³/mol. The van der Waals surface area contributed by atoms with Crippen molar-refractivity contribution in [2.45, 2.75) is 25.4 Å². The van der Waals surface area contributed by atoms with Crippen LogP contribution >= 0.6 is 27.5 Å². The maximum Gasteiger partial charge on any atom is 0.125 e. The van der Waals surface area contributed by atoms with E-state index in [2.05, 4.69) is 30.8 Å². The van der Waals surface area contributed by atoms with E-state index < -0.39 is 0 Å². The highest BCUT2D eigenvalue weighted by atomic mass is 79.9. The van der Waals surface area contributed by atoms with E-state index in [1.54, 1.807) is 0 Å². The van der Waals surface area contributed by atoms with Crippen LogP contribution in [0.15, 0.2) is 29.1 Å². The van der Waals surface area contributed by atoms with E-state index in [0.29, 0.717) is 27.8 Å². The second-order valence-corrected chi connectivity index (χ2v) is 5.88. The zero-order chi connectivity index (χ0) is 13.4. The molecule has 0 radical (unpaired) electrons. The van der Waals surface area contributed by atoms with Crippen molar-refractivity contribution in [3.8, 4) is 0 Å². The Bertz CT molecular complexity index is 587. The van der Waals surface area contributed by atoms with Crippen LogP contribution < -0.4 is 5.32 Å². The second kappa shape index (κ2) is 5.13. The predicted octanol–water partition coefficient (Wildman–Crippen LogP) is 4.39. The van der Waals surface area contributed by atoms with Crippen molar-refractivity contribution in [1.29, 1.82) is 0 Å². The lowest BCUT2D eigenvalue weighted by molar-refractivity contribution is 0.627. The van der Waals surface area contributed by atoms with Crippen LogP contribution in [0.5, 0.6) is 0 Å². The van der Waals surface area contributed by atoms with Crippen molar-refractivity contribution in [3.63, 3.8) is 0 Å². The Hall–Kier alpha value is -1.07. The fourth-order valence-electron chi connectivity index (χ4n) is 2.04. The van der Waals surface area contributed by atoms with Gasteiger partial charge in [-0.2, -0.15) is 0 Å². The smallest absolute Gasteiger partial charge is 0.125 e. The molecule has 1 aliphatic carbocycles. The summed E-state index contributed by atoms with van der Waals surface area (Å²) in [6.07, 6.45) is 6.13. The summed E-state index contributed by atoms with van der Waals surface area (Å²) in [7, 11) is 0. The molecule has 0 saturated heterocycles. The van der Waals surface area contributed by atoms with Crippen molar-refractivity contribution >= 4 is 33.2 Å². The van der Waals surface area contributed by atoms with E-state index in [1.165, 1.54) is 25.0 Å². The normalized spacial score (nSPS) is 14.7. The standard InChI is InChI=1S/C13H12BrClFN3/c14-11-3-8(16)4-12(15)13(11)18-6-10-5-17-7-19(10)9-1-2-9/h3-5,7,9,18H,1-2,6H2. The summed E-state index contributed by atoms with van der Waals surface area (Å²) in [6, 6.07) is 3.28. The molecule has 0 amide bonds. The second-order valence-electron chi connectivity index (χ2n) is 4.62. The molecule has 0 atom stereocenters. The van der Waals surface area contributed by atoms with Crippen LogP contribution in [0, 0.1) is 5.82 Å². The van der Waals surface area contributed by atoms with Gasteiger partial charge in [0.1, 0.15) is 5.82 Å². The molecular formula is C13H12BrClFN3. The van der Waals surface area contributed by atoms with Crippen LogP contribution in [0.25, 0.3) is 0 Å². The summed E-state index contributed by atoms with van der Waals surface area (Å²) < 4.78 is 15.9. The maximum atomic E-state index is 13.1. The van der Waals surface area contributed by atoms with Gasteiger partial charge in [0.25, 0.3) is 0 Å². The number of imidazole rings is 1. The van der Waals surface area contributed by atoms with Crippen molar-refractivity contribution < 1.29 is 4.39 Å². The summed E-state index contributed by atoms with van der Waals surface area (Å²) in [4.78, 5) is 4.17. The first kappa shape index (κ1) is 12.9. The van der Waals surface area contributed by atoms with Crippen LogP contribution in [-0.4, -0.2) is 9.55 Å². The fourth-order valence-corrected chi connectivity index (χ4v) is 3.00. The number of hydrogen-bond donors (Lipinski definition) is 1. The van der Waals surface area contributed by atoms with E-state index in [1.807, 2.05) is 12.5 Å². The molecule has 0 spiro atoms. The van der Waals surface area contributed by atoms with E-state index in [0.717, 1.165) is 5.69 Å². The number of benzene rings is 1. The van der Waals surface area contributed by atoms with E-state index >= 15 is 0 Å². The fraction of sp³-hybridized carbons (Fsp3) is 0.308. The molecule has 0 unspecified atom stereocenters. The average Bonchev–Trinajstić information content (AvgIpc) is 3.08. The molecule has 0 bridgehead atoms. The summed E-state index contributed by atoms with van der Waals surface area (Å²) in [5.41, 5.74) is 1.81. The SMILES string of the molecule is Fc1cc(Cl)c(NCc2cncn2C2CC2)c(Br)c1. The molecule has 1 aromatic heterocycles. The van der Waals surface area contributed by atoms with E-state index in [9.17, 15) is 4.39 Å². The van der Waals surface area contributed by atoms with Gasteiger partial charge in [-0.25, -0.2) is 9.37 Å². The van der Waals surface area contributed by atoms with Crippen molar-refractivity contribution in [1.82, 2.24) is 9.55 Å². The molecule has 1 aromatic carbocycles. The zero-order valence-corrected chi connectivity index (χ0v) is 12.4. The zero-order valence-electron chi connectivity index (χ0n) is 10.0. The third-order valence-corrected chi connectivity index (χ3v) is 4.06. The van der Waals surface area contributed by atoms with Gasteiger partial charge < -0.3 is 9.88 Å². The lowest BCUT2D eigenvalue weighted by Crippen LogP contribution is -2.06. The van der Waals surface area contributed by atoms with Crippen LogP contribution in [-0.2, 0) is 6.54 Å². The molecule has 1 aliphatic rings. The largest absolute Gasteiger partial charge is 0.377 e. The number of aromatic nitrogens is 2. The van der Waals surface area contributed by atoms with Crippen LogP contribution in [0.2, 0.25) is 5.02 Å². The third kappa shape index (κ3) is 2.77. The molecule has 19 heavy (non-hydrogen) atoms. The Kier molecular flexibility index (Phi) is 3.50. The Balaban J connectivity index is 1.77. The minimum Gasteiger partial charge on any atom is -0.377 e. The van der Waals surface area contributed by atoms with Gasteiger partial charge in [0.2, 0.25) is 0 Å². The van der Waals surface area contributed by atoms with Crippen LogP contribution in [0.4, 0.5) is 10.1 Å². The minimum absolute atomic E-state index is 0.356. The highest BCUT2D eigenvalue weighted by Gasteiger charge is 2.25. The van der Waals surface area contributed by atoms with Crippen LogP contribution in [0.3, 0.4) is 0 Å². The molecule has 1 fully saturated rings. The van der Waals surface area contributed by atoms with Gasteiger partial charge in [0.05, 0.1) is 29.3 Å². The van der Waals surface area contributed by atoms with Crippen LogP contribution in [0.1, 0.15) is 24.6 Å². The Morgan fingerprint density at radius 2 is 2.26 bits per heavy atom. The molecule has 1 heterocycles. The number of hydrogen-bond acceptors (Lipinski definition) is 2. The van der Waals surface area contributed by atoms with E-state index in [-0.39, 0.29) is 5.82 Å². The first-order chi connectivity index (χ1) is 9.15. The highest BCUT2D eigenvalue weighted by molar-refractivity contribution is 9.10. The minimum atomic E-state index is -0.356. The first-order valence-corrected chi connectivity index (χ1v) is 7.21. The van der Waals surface area contributed by atoms with Gasteiger partial charge in [0.15, 0.2) is 0 Å². The number of halogens is 3. The molecule has 0 aliphatic heterocycles. The molecule has 1 saturated carbocycles. The Morgan fingerprint density at radius 1 is 1.47 bits per heavy atom. The van der Waals surface area contributed by atoms with Gasteiger partial charge in [-0.05, 0) is 40.9 Å². The molecule has 100 valence electrons. The lowest BCUT2D eigenvalue weighted by atomic mass is 10.3. The topological polar surface area (TPSA) is 29.9 Å². The van der Waals surface area contributed by atoms with Crippen molar-refractivity contribution in [2.75, 3.05) is 5.32 Å². The number of rotatable bonds is 4. The van der Waals surface area contributed by atoms with Crippen molar-refractivity contribution in [2.24, 2.45) is 0 Å². The quantitative estimate of drug-likeness (QED) is 0.891. The van der Waals surface area contributed by atoms with E-state index in [4.69, 9.17) is 11.6 Å². The van der Waals surface area contributed by atoms with Crippen molar-refractivity contribution in [3.05, 3.63) is 45.7 Å². The Morgan fingerprint density at radius 3 is 2.95 bits per heavy atom. The van der Waals surface area contributed by atoms with Gasteiger partial charge in [0, 0.05) is 16.7 Å². The number of nitrogens with zero attached hydrogens (tertiary/aromatic N) is 2. The van der Waals surface area contributed by atoms with Gasteiger partial charge in [-0.3, -0.25) is 0 Å².